The topological polar surface area (TPSA) is 29.1 Å². The maximum absolute atomic E-state index is 12.2. The third-order valence-electron chi connectivity index (χ3n) is 3.00. The van der Waals surface area contributed by atoms with Gasteiger partial charge in [-0.25, -0.2) is 0 Å². The highest BCUT2D eigenvalue weighted by atomic mass is 79.9. The van der Waals surface area contributed by atoms with Gasteiger partial charge in [0.1, 0.15) is 0 Å². The van der Waals surface area contributed by atoms with E-state index in [1.165, 1.54) is 0 Å². The van der Waals surface area contributed by atoms with E-state index in [1.807, 2.05) is 26.0 Å². The van der Waals surface area contributed by atoms with Gasteiger partial charge in [0.2, 0.25) is 0 Å². The first kappa shape index (κ1) is 15.8. The molecule has 1 N–H and O–H groups in total. The zero-order valence-electron chi connectivity index (χ0n) is 10.4. The fourth-order valence-corrected chi connectivity index (χ4v) is 2.84. The number of hydrogen-bond acceptors (Lipinski definition) is 1. The maximum Gasteiger partial charge on any atom is 0.252 e. The zero-order chi connectivity index (χ0) is 13.8. The van der Waals surface area contributed by atoms with Crippen LogP contribution in [0.15, 0.2) is 22.7 Å². The first-order chi connectivity index (χ1) is 8.48. The molecule has 0 aliphatic carbocycles. The molecule has 0 aliphatic heterocycles. The van der Waals surface area contributed by atoms with Crippen LogP contribution in [-0.2, 0) is 0 Å². The number of carbonyl (C=O) groups is 1. The van der Waals surface area contributed by atoms with Crippen LogP contribution in [0, 0.1) is 6.92 Å². The number of amides is 1. The van der Waals surface area contributed by atoms with Crippen LogP contribution in [0.1, 0.15) is 29.3 Å². The summed E-state index contributed by atoms with van der Waals surface area (Å²) in [6.07, 6.45) is 0.696. The van der Waals surface area contributed by atoms with Gasteiger partial charge in [-0.15, -0.1) is 23.2 Å². The van der Waals surface area contributed by atoms with Gasteiger partial charge >= 0.3 is 0 Å². The Balaban J connectivity index is 2.94. The standard InChI is InChI=1S/C13H16BrCl2NO/c1-3-13(7-15,8-16)17-12(18)11-5-4-10(14)6-9(11)2/h4-6H,3,7-8H2,1-2H3,(H,17,18). The molecule has 100 valence electrons. The molecule has 0 radical (unpaired) electrons. The molecule has 0 unspecified atom stereocenters. The van der Waals surface area contributed by atoms with Crippen molar-refractivity contribution in [2.45, 2.75) is 25.8 Å². The summed E-state index contributed by atoms with van der Waals surface area (Å²) < 4.78 is 0.952. The predicted octanol–water partition coefficient (Wildman–Crippen LogP) is 4.11. The van der Waals surface area contributed by atoms with Crippen LogP contribution in [0.3, 0.4) is 0 Å². The summed E-state index contributed by atoms with van der Waals surface area (Å²) in [5.74, 6) is 0.464. The second kappa shape index (κ2) is 6.78. The minimum atomic E-state index is -0.542. The van der Waals surface area contributed by atoms with Crippen LogP contribution < -0.4 is 5.32 Å². The van der Waals surface area contributed by atoms with E-state index in [4.69, 9.17) is 23.2 Å². The zero-order valence-corrected chi connectivity index (χ0v) is 13.5. The highest BCUT2D eigenvalue weighted by Crippen LogP contribution is 2.19. The number of alkyl halides is 2. The highest BCUT2D eigenvalue weighted by Gasteiger charge is 2.29. The molecule has 0 saturated heterocycles. The SMILES string of the molecule is CCC(CCl)(CCl)NC(=O)c1ccc(Br)cc1C. The Morgan fingerprint density at radius 1 is 1.39 bits per heavy atom. The Kier molecular flexibility index (Phi) is 5.96. The molecule has 0 aliphatic rings. The second-order valence-electron chi connectivity index (χ2n) is 4.31. The lowest BCUT2D eigenvalue weighted by Crippen LogP contribution is -2.51. The van der Waals surface area contributed by atoms with E-state index in [-0.39, 0.29) is 5.91 Å². The number of hydrogen-bond donors (Lipinski definition) is 1. The van der Waals surface area contributed by atoms with Crippen LogP contribution >= 0.6 is 39.1 Å². The molecule has 0 fully saturated rings. The molecule has 0 heterocycles. The van der Waals surface area contributed by atoms with E-state index in [2.05, 4.69) is 21.2 Å². The van der Waals surface area contributed by atoms with Crippen LogP contribution in [0.5, 0.6) is 0 Å². The normalized spacial score (nSPS) is 11.4. The molecule has 2 nitrogen and oxygen atoms in total. The van der Waals surface area contributed by atoms with Gasteiger partial charge in [0, 0.05) is 21.8 Å². The summed E-state index contributed by atoms with van der Waals surface area (Å²) in [4.78, 5) is 12.2. The van der Waals surface area contributed by atoms with Crippen molar-refractivity contribution in [3.05, 3.63) is 33.8 Å². The van der Waals surface area contributed by atoms with E-state index in [0.717, 1.165) is 10.0 Å². The molecule has 18 heavy (non-hydrogen) atoms. The first-order valence-electron chi connectivity index (χ1n) is 5.68. The van der Waals surface area contributed by atoms with Gasteiger partial charge in [-0.1, -0.05) is 22.9 Å². The number of carbonyl (C=O) groups excluding carboxylic acids is 1. The molecule has 1 rings (SSSR count). The third-order valence-corrected chi connectivity index (χ3v) is 4.52. The minimum Gasteiger partial charge on any atom is -0.344 e. The van der Waals surface area contributed by atoms with Crippen LogP contribution in [0.4, 0.5) is 0 Å². The van der Waals surface area contributed by atoms with Crippen molar-refractivity contribution in [2.75, 3.05) is 11.8 Å². The lowest BCUT2D eigenvalue weighted by molar-refractivity contribution is 0.0913. The summed E-state index contributed by atoms with van der Waals surface area (Å²) in [6.45, 7) is 3.86. The summed E-state index contributed by atoms with van der Waals surface area (Å²) in [6, 6.07) is 5.54. The molecular weight excluding hydrogens is 337 g/mol. The number of halogens is 3. The van der Waals surface area contributed by atoms with Crippen LogP contribution in [0.2, 0.25) is 0 Å². The molecule has 0 saturated carbocycles. The van der Waals surface area contributed by atoms with Gasteiger partial charge in [-0.2, -0.15) is 0 Å². The van der Waals surface area contributed by atoms with Crippen molar-refractivity contribution >= 4 is 45.0 Å². The maximum atomic E-state index is 12.2. The Morgan fingerprint density at radius 2 is 2.00 bits per heavy atom. The molecule has 1 aromatic rings. The van der Waals surface area contributed by atoms with Gasteiger partial charge in [0.25, 0.3) is 5.91 Å². The van der Waals surface area contributed by atoms with Crippen molar-refractivity contribution in [3.63, 3.8) is 0 Å². The monoisotopic (exact) mass is 351 g/mol. The van der Waals surface area contributed by atoms with Crippen molar-refractivity contribution in [2.24, 2.45) is 0 Å². The molecule has 0 aromatic heterocycles. The van der Waals surface area contributed by atoms with Gasteiger partial charge in [0.05, 0.1) is 5.54 Å². The fraction of sp³-hybridized carbons (Fsp3) is 0.462. The van der Waals surface area contributed by atoms with Crippen LogP contribution in [0.25, 0.3) is 0 Å². The molecule has 0 atom stereocenters. The number of nitrogens with one attached hydrogen (secondary N) is 1. The van der Waals surface area contributed by atoms with E-state index in [0.29, 0.717) is 23.7 Å². The molecular formula is C13H16BrCl2NO. The van der Waals surface area contributed by atoms with E-state index >= 15 is 0 Å². The molecule has 5 heteroatoms. The van der Waals surface area contributed by atoms with Crippen molar-refractivity contribution < 1.29 is 4.79 Å². The smallest absolute Gasteiger partial charge is 0.252 e. The third kappa shape index (κ3) is 3.62. The van der Waals surface area contributed by atoms with Crippen molar-refractivity contribution in [1.82, 2.24) is 5.32 Å². The quantitative estimate of drug-likeness (QED) is 0.793. The van der Waals surface area contributed by atoms with Gasteiger partial charge < -0.3 is 5.32 Å². The molecule has 0 bridgehead atoms. The first-order valence-corrected chi connectivity index (χ1v) is 7.55. The van der Waals surface area contributed by atoms with E-state index in [9.17, 15) is 4.79 Å². The Hall–Kier alpha value is -0.250. The van der Waals surface area contributed by atoms with E-state index in [1.54, 1.807) is 6.07 Å². The molecule has 0 spiro atoms. The summed E-state index contributed by atoms with van der Waals surface area (Å²) >= 11 is 15.2. The highest BCUT2D eigenvalue weighted by molar-refractivity contribution is 9.10. The predicted molar refractivity (Wildman–Crippen MR) is 80.8 cm³/mol. The van der Waals surface area contributed by atoms with Gasteiger partial charge in [-0.05, 0) is 37.1 Å². The van der Waals surface area contributed by atoms with E-state index < -0.39 is 5.54 Å². The van der Waals surface area contributed by atoms with Gasteiger partial charge in [-0.3, -0.25) is 4.79 Å². The Bertz CT molecular complexity index is 425. The minimum absolute atomic E-state index is 0.136. The fourth-order valence-electron chi connectivity index (χ4n) is 1.57. The number of aryl methyl sites for hydroxylation is 1. The average molecular weight is 353 g/mol. The average Bonchev–Trinajstić information content (AvgIpc) is 2.36. The molecule has 1 amide bonds. The summed E-state index contributed by atoms with van der Waals surface area (Å²) in [5, 5.41) is 2.94. The molecule has 1 aromatic carbocycles. The van der Waals surface area contributed by atoms with Crippen LogP contribution in [-0.4, -0.2) is 23.2 Å². The largest absolute Gasteiger partial charge is 0.344 e. The Labute approximate surface area is 126 Å². The number of rotatable bonds is 5. The van der Waals surface area contributed by atoms with Gasteiger partial charge in [0.15, 0.2) is 0 Å². The lowest BCUT2D eigenvalue weighted by Gasteiger charge is -2.29. The lowest BCUT2D eigenvalue weighted by atomic mass is 9.99. The van der Waals surface area contributed by atoms with Crippen molar-refractivity contribution in [3.8, 4) is 0 Å². The number of benzene rings is 1. The summed E-state index contributed by atoms with van der Waals surface area (Å²) in [7, 11) is 0. The summed E-state index contributed by atoms with van der Waals surface area (Å²) in [5.41, 5.74) is 1.02. The Morgan fingerprint density at radius 3 is 2.44 bits per heavy atom. The van der Waals surface area contributed by atoms with Crippen molar-refractivity contribution in [1.29, 1.82) is 0 Å². The second-order valence-corrected chi connectivity index (χ2v) is 5.76.